The van der Waals surface area contributed by atoms with Gasteiger partial charge in [-0.05, 0) is 31.4 Å². The fraction of sp³-hybridized carbons (Fsp3) is 0.600. The Morgan fingerprint density at radius 2 is 2.03 bits per heavy atom. The van der Waals surface area contributed by atoms with Gasteiger partial charge in [-0.3, -0.25) is 14.7 Å². The number of hydrogen-bond donors (Lipinski definition) is 3. The average molecular weight is 486 g/mol. The predicted molar refractivity (Wildman–Crippen MR) is 138 cm³/mol. The minimum atomic E-state index is -0.393. The maximum absolute atomic E-state index is 11.6. The van der Waals surface area contributed by atoms with Crippen LogP contribution < -0.4 is 10.1 Å². The molecule has 1 atom stereocenters. The lowest BCUT2D eigenvalue weighted by Crippen LogP contribution is -2.49. The lowest BCUT2D eigenvalue weighted by atomic mass is 10.1. The third-order valence-electron chi connectivity index (χ3n) is 7.23. The van der Waals surface area contributed by atoms with Gasteiger partial charge in [0.2, 0.25) is 5.91 Å². The molecule has 0 bridgehead atoms. The van der Waals surface area contributed by atoms with Crippen molar-refractivity contribution in [3.05, 3.63) is 23.9 Å². The maximum Gasteiger partial charge on any atom is 0.248 e. The summed E-state index contributed by atoms with van der Waals surface area (Å²) in [5.41, 5.74) is 3.33. The highest BCUT2D eigenvalue weighted by atomic mass is 32.2. The number of piperazine rings is 1. The molecule has 2 aliphatic heterocycles. The number of amides is 1. The molecule has 3 heterocycles. The van der Waals surface area contributed by atoms with E-state index in [9.17, 15) is 4.79 Å². The van der Waals surface area contributed by atoms with Gasteiger partial charge in [0.05, 0.1) is 30.0 Å². The quantitative estimate of drug-likeness (QED) is 0.532. The van der Waals surface area contributed by atoms with E-state index in [-0.39, 0.29) is 5.91 Å². The number of fused-ring (bicyclic) bond motifs is 1. The summed E-state index contributed by atoms with van der Waals surface area (Å²) in [6.45, 7) is 3.72. The standard InChI is InChI=1S/C25H35N5O3S/c1-33-20-12-17-13-22(28-24(17)21(14-20)26-18-4-2-3-5-18)25-27-19(16-34-25)6-7-29-8-10-30(11-9-29)23(32)15-31/h12-14,18-19,26,28,31H,2-11,15-16H2,1H3/t19-/m1/s1. The molecule has 1 saturated heterocycles. The molecule has 0 unspecified atom stereocenters. The second-order valence-electron chi connectivity index (χ2n) is 9.52. The van der Waals surface area contributed by atoms with E-state index in [1.807, 2.05) is 11.8 Å². The number of aromatic amines is 1. The second-order valence-corrected chi connectivity index (χ2v) is 10.5. The van der Waals surface area contributed by atoms with Gasteiger partial charge in [-0.15, -0.1) is 11.8 Å². The molecule has 0 radical (unpaired) electrons. The van der Waals surface area contributed by atoms with Crippen LogP contribution in [-0.2, 0) is 4.79 Å². The summed E-state index contributed by atoms with van der Waals surface area (Å²) in [6, 6.07) is 7.24. The van der Waals surface area contributed by atoms with E-state index in [1.165, 1.54) is 25.7 Å². The Bertz CT molecular complexity index is 1040. The summed E-state index contributed by atoms with van der Waals surface area (Å²) in [7, 11) is 1.72. The van der Waals surface area contributed by atoms with Gasteiger partial charge < -0.3 is 25.0 Å². The summed E-state index contributed by atoms with van der Waals surface area (Å²) in [6.07, 6.45) is 6.07. The molecule has 1 saturated carbocycles. The average Bonchev–Trinajstić information content (AvgIpc) is 3.63. The van der Waals surface area contributed by atoms with Crippen molar-refractivity contribution in [3.8, 4) is 5.75 Å². The largest absolute Gasteiger partial charge is 0.497 e. The molecule has 2 fully saturated rings. The third kappa shape index (κ3) is 5.21. The van der Waals surface area contributed by atoms with E-state index in [0.717, 1.165) is 64.9 Å². The molecule has 3 N–H and O–H groups in total. The number of aromatic nitrogens is 1. The van der Waals surface area contributed by atoms with Gasteiger partial charge in [0.25, 0.3) is 0 Å². The minimum absolute atomic E-state index is 0.168. The number of nitrogens with one attached hydrogen (secondary N) is 2. The normalized spacial score (nSPS) is 21.9. The Kier molecular flexibility index (Phi) is 7.32. The van der Waals surface area contributed by atoms with Crippen molar-refractivity contribution in [2.45, 2.75) is 44.2 Å². The van der Waals surface area contributed by atoms with Gasteiger partial charge in [0, 0.05) is 56.0 Å². The highest BCUT2D eigenvalue weighted by Crippen LogP contribution is 2.34. The Balaban J connectivity index is 1.23. The summed E-state index contributed by atoms with van der Waals surface area (Å²) in [4.78, 5) is 24.5. The minimum Gasteiger partial charge on any atom is -0.497 e. The van der Waals surface area contributed by atoms with Crippen molar-refractivity contribution in [2.75, 3.05) is 57.5 Å². The Morgan fingerprint density at radius 3 is 2.76 bits per heavy atom. The van der Waals surface area contributed by atoms with Crippen LogP contribution in [0.4, 0.5) is 5.69 Å². The van der Waals surface area contributed by atoms with Crippen LogP contribution in [0.5, 0.6) is 5.75 Å². The Labute approximate surface area is 205 Å². The number of nitrogens with zero attached hydrogens (tertiary/aromatic N) is 3. The van der Waals surface area contributed by atoms with Crippen molar-refractivity contribution >= 4 is 39.3 Å². The topological polar surface area (TPSA) is 93.2 Å². The number of carbonyl (C=O) groups is 1. The van der Waals surface area contributed by atoms with Crippen LogP contribution in [0.1, 0.15) is 37.8 Å². The number of carbonyl (C=O) groups excluding carboxylic acids is 1. The number of ether oxygens (including phenoxy) is 1. The number of H-pyrrole nitrogens is 1. The molecule has 1 aliphatic carbocycles. The van der Waals surface area contributed by atoms with Gasteiger partial charge in [-0.25, -0.2) is 0 Å². The second kappa shape index (κ2) is 10.6. The molecule has 34 heavy (non-hydrogen) atoms. The number of aliphatic imine (C=N–C) groups is 1. The molecule has 184 valence electrons. The number of hydrogen-bond acceptors (Lipinski definition) is 7. The fourth-order valence-electron chi connectivity index (χ4n) is 5.22. The van der Waals surface area contributed by atoms with Crippen LogP contribution in [-0.4, -0.2) is 95.1 Å². The summed E-state index contributed by atoms with van der Waals surface area (Å²) < 4.78 is 5.57. The van der Waals surface area contributed by atoms with Crippen molar-refractivity contribution in [1.82, 2.24) is 14.8 Å². The van der Waals surface area contributed by atoms with Crippen LogP contribution >= 0.6 is 11.8 Å². The van der Waals surface area contributed by atoms with E-state index < -0.39 is 6.61 Å². The zero-order valence-corrected chi connectivity index (χ0v) is 20.7. The Hall–Kier alpha value is -2.23. The molecule has 3 aliphatic rings. The summed E-state index contributed by atoms with van der Waals surface area (Å²) in [5.74, 6) is 1.71. The highest BCUT2D eigenvalue weighted by molar-refractivity contribution is 8.14. The van der Waals surface area contributed by atoms with Crippen LogP contribution in [0.15, 0.2) is 23.2 Å². The van der Waals surface area contributed by atoms with E-state index in [2.05, 4.69) is 33.4 Å². The fourth-order valence-corrected chi connectivity index (χ4v) is 6.30. The van der Waals surface area contributed by atoms with Crippen LogP contribution in [0, 0.1) is 0 Å². The zero-order chi connectivity index (χ0) is 23.5. The predicted octanol–water partition coefficient (Wildman–Crippen LogP) is 2.92. The zero-order valence-electron chi connectivity index (χ0n) is 19.9. The first kappa shape index (κ1) is 23.5. The van der Waals surface area contributed by atoms with E-state index in [4.69, 9.17) is 14.8 Å². The molecule has 1 aromatic carbocycles. The first-order valence-corrected chi connectivity index (χ1v) is 13.4. The third-order valence-corrected chi connectivity index (χ3v) is 8.38. The number of aliphatic hydroxyl groups is 1. The van der Waals surface area contributed by atoms with E-state index in [1.54, 1.807) is 12.0 Å². The smallest absolute Gasteiger partial charge is 0.248 e. The number of methoxy groups -OCH3 is 1. The van der Waals surface area contributed by atoms with Crippen molar-refractivity contribution in [2.24, 2.45) is 4.99 Å². The molecule has 1 amide bonds. The van der Waals surface area contributed by atoms with Gasteiger partial charge >= 0.3 is 0 Å². The first-order valence-electron chi connectivity index (χ1n) is 12.4. The van der Waals surface area contributed by atoms with E-state index in [0.29, 0.717) is 25.2 Å². The van der Waals surface area contributed by atoms with Crippen LogP contribution in [0.3, 0.4) is 0 Å². The van der Waals surface area contributed by atoms with Gasteiger partial charge in [0.1, 0.15) is 17.4 Å². The van der Waals surface area contributed by atoms with Crippen LogP contribution in [0.2, 0.25) is 0 Å². The maximum atomic E-state index is 11.6. The monoisotopic (exact) mass is 485 g/mol. The number of aliphatic hydroxyl groups excluding tert-OH is 1. The van der Waals surface area contributed by atoms with E-state index >= 15 is 0 Å². The number of rotatable bonds is 8. The number of thioether (sulfide) groups is 1. The molecule has 1 aromatic heterocycles. The molecular formula is C25H35N5O3S. The molecule has 2 aromatic rings. The van der Waals surface area contributed by atoms with Crippen LogP contribution in [0.25, 0.3) is 10.9 Å². The molecular weight excluding hydrogens is 450 g/mol. The SMILES string of the molecule is COc1cc(NC2CCCC2)c2[nH]c(C3=N[C@H](CCN4CCN(C(=O)CO)CC4)CS3)cc2c1. The molecule has 8 nitrogen and oxygen atoms in total. The van der Waals surface area contributed by atoms with Crippen molar-refractivity contribution in [3.63, 3.8) is 0 Å². The molecule has 9 heteroatoms. The molecule has 0 spiro atoms. The summed E-state index contributed by atoms with van der Waals surface area (Å²) >= 11 is 1.83. The van der Waals surface area contributed by atoms with Gasteiger partial charge in [-0.2, -0.15) is 0 Å². The number of anilines is 1. The molecule has 5 rings (SSSR count). The summed E-state index contributed by atoms with van der Waals surface area (Å²) in [5, 5.41) is 15.0. The Morgan fingerprint density at radius 1 is 1.24 bits per heavy atom. The lowest BCUT2D eigenvalue weighted by molar-refractivity contribution is -0.135. The van der Waals surface area contributed by atoms with Crippen molar-refractivity contribution < 1.29 is 14.6 Å². The lowest BCUT2D eigenvalue weighted by Gasteiger charge is -2.34. The highest BCUT2D eigenvalue weighted by Gasteiger charge is 2.25. The van der Waals surface area contributed by atoms with Gasteiger partial charge in [0.15, 0.2) is 0 Å². The first-order chi connectivity index (χ1) is 16.6. The van der Waals surface area contributed by atoms with Gasteiger partial charge in [-0.1, -0.05) is 12.8 Å². The number of benzene rings is 1. The van der Waals surface area contributed by atoms with Crippen molar-refractivity contribution in [1.29, 1.82) is 0 Å².